The van der Waals surface area contributed by atoms with Crippen LogP contribution in [0.5, 0.6) is 11.6 Å². The van der Waals surface area contributed by atoms with E-state index in [-0.39, 0.29) is 30.7 Å². The zero-order chi connectivity index (χ0) is 17.4. The maximum absolute atomic E-state index is 13.7. The van der Waals surface area contributed by atoms with Crippen molar-refractivity contribution in [3.8, 4) is 11.6 Å². The molecule has 0 aliphatic carbocycles. The zero-order valence-electron chi connectivity index (χ0n) is 13.5. The largest absolute Gasteiger partial charge is 0.494 e. The number of aromatic nitrogens is 1. The van der Waals surface area contributed by atoms with Gasteiger partial charge >= 0.3 is 0 Å². The molecule has 0 aliphatic heterocycles. The molecule has 0 aliphatic rings. The zero-order valence-corrected chi connectivity index (χ0v) is 13.5. The number of hydrogen-bond acceptors (Lipinski definition) is 5. The first-order valence-corrected chi connectivity index (χ1v) is 7.33. The molecule has 0 bridgehead atoms. The highest BCUT2D eigenvalue weighted by Gasteiger charge is 2.13. The smallest absolute Gasteiger partial charge is 0.257 e. The second-order valence-corrected chi connectivity index (χ2v) is 4.85. The molecule has 0 fully saturated rings. The van der Waals surface area contributed by atoms with E-state index < -0.39 is 5.82 Å². The molecule has 1 amide bonds. The van der Waals surface area contributed by atoms with Gasteiger partial charge in [-0.1, -0.05) is 6.07 Å². The van der Waals surface area contributed by atoms with E-state index in [1.165, 1.54) is 25.4 Å². The number of benzene rings is 1. The average molecular weight is 334 g/mol. The van der Waals surface area contributed by atoms with Gasteiger partial charge in [0.05, 0.1) is 13.7 Å². The van der Waals surface area contributed by atoms with Gasteiger partial charge in [-0.15, -0.1) is 0 Å². The Balaban J connectivity index is 2.01. The highest BCUT2D eigenvalue weighted by Crippen LogP contribution is 2.18. The normalized spacial score (nSPS) is 10.3. The van der Waals surface area contributed by atoms with Crippen molar-refractivity contribution in [3.63, 3.8) is 0 Å². The number of nitrogens with zero attached hydrogens (tertiary/aromatic N) is 1. The summed E-state index contributed by atoms with van der Waals surface area (Å²) in [5.41, 5.74) is 0.926. The summed E-state index contributed by atoms with van der Waals surface area (Å²) in [5, 5.41) is 2.71. The topological polar surface area (TPSA) is 69.7 Å². The Bertz CT molecular complexity index is 694. The number of hydrogen-bond donors (Lipinski definition) is 1. The van der Waals surface area contributed by atoms with Crippen LogP contribution in [0.4, 0.5) is 4.39 Å². The van der Waals surface area contributed by atoms with Crippen LogP contribution in [0, 0.1) is 5.82 Å². The van der Waals surface area contributed by atoms with Crippen molar-refractivity contribution < 1.29 is 23.4 Å². The lowest BCUT2D eigenvalue weighted by Crippen LogP contribution is -2.24. The molecular weight excluding hydrogens is 315 g/mol. The first-order valence-electron chi connectivity index (χ1n) is 7.33. The minimum Gasteiger partial charge on any atom is -0.494 e. The lowest BCUT2D eigenvalue weighted by Gasteiger charge is -2.11. The van der Waals surface area contributed by atoms with Crippen LogP contribution in [0.15, 0.2) is 36.5 Å². The minimum absolute atomic E-state index is 0.158. The molecule has 0 spiro atoms. The first kappa shape index (κ1) is 17.7. The molecule has 1 N–H and O–H groups in total. The summed E-state index contributed by atoms with van der Waals surface area (Å²) in [7, 11) is 2.96. The van der Waals surface area contributed by atoms with Crippen LogP contribution in [-0.2, 0) is 11.3 Å². The van der Waals surface area contributed by atoms with Crippen LogP contribution >= 0.6 is 0 Å². The van der Waals surface area contributed by atoms with E-state index in [1.54, 1.807) is 25.3 Å². The van der Waals surface area contributed by atoms with Crippen molar-refractivity contribution in [3.05, 3.63) is 53.5 Å². The van der Waals surface area contributed by atoms with E-state index in [9.17, 15) is 9.18 Å². The molecule has 0 radical (unpaired) electrons. The van der Waals surface area contributed by atoms with Gasteiger partial charge in [-0.2, -0.15) is 0 Å². The highest BCUT2D eigenvalue weighted by molar-refractivity contribution is 5.96. The summed E-state index contributed by atoms with van der Waals surface area (Å²) in [6, 6.07) is 7.77. The maximum Gasteiger partial charge on any atom is 0.257 e. The number of ether oxygens (including phenoxy) is 3. The third kappa shape index (κ3) is 4.66. The number of carbonyl (C=O) groups excluding carboxylic acids is 1. The van der Waals surface area contributed by atoms with Gasteiger partial charge in [0.1, 0.15) is 12.2 Å². The Hall–Kier alpha value is -2.67. The Morgan fingerprint density at radius 2 is 2.08 bits per heavy atom. The molecule has 7 heteroatoms. The van der Waals surface area contributed by atoms with Crippen molar-refractivity contribution in [2.45, 2.75) is 6.54 Å². The minimum atomic E-state index is -0.478. The lowest BCUT2D eigenvalue weighted by molar-refractivity contribution is 0.0941. The summed E-state index contributed by atoms with van der Waals surface area (Å²) < 4.78 is 28.8. The van der Waals surface area contributed by atoms with E-state index in [2.05, 4.69) is 10.3 Å². The van der Waals surface area contributed by atoms with E-state index in [1.807, 2.05) is 0 Å². The Kier molecular flexibility index (Phi) is 6.51. The molecule has 24 heavy (non-hydrogen) atoms. The van der Waals surface area contributed by atoms with Crippen LogP contribution < -0.4 is 14.8 Å². The molecule has 1 aromatic carbocycles. The van der Waals surface area contributed by atoms with Crippen LogP contribution in [0.2, 0.25) is 0 Å². The highest BCUT2D eigenvalue weighted by atomic mass is 19.1. The van der Waals surface area contributed by atoms with Crippen LogP contribution in [0.3, 0.4) is 0 Å². The molecule has 2 aromatic rings. The molecule has 0 unspecified atom stereocenters. The van der Waals surface area contributed by atoms with Crippen LogP contribution in [0.1, 0.15) is 15.9 Å². The number of carbonyl (C=O) groups is 1. The average Bonchev–Trinajstić information content (AvgIpc) is 2.60. The Labute approximate surface area is 139 Å². The van der Waals surface area contributed by atoms with E-state index in [4.69, 9.17) is 14.2 Å². The molecule has 1 heterocycles. The van der Waals surface area contributed by atoms with Crippen molar-refractivity contribution in [2.75, 3.05) is 27.4 Å². The molecule has 0 saturated carbocycles. The van der Waals surface area contributed by atoms with Gasteiger partial charge in [0.15, 0.2) is 11.6 Å². The molecule has 0 saturated heterocycles. The van der Waals surface area contributed by atoms with Crippen molar-refractivity contribution in [1.29, 1.82) is 0 Å². The number of nitrogens with one attached hydrogen (secondary N) is 1. The second-order valence-electron chi connectivity index (χ2n) is 4.85. The van der Waals surface area contributed by atoms with Gasteiger partial charge in [0, 0.05) is 19.9 Å². The second kappa shape index (κ2) is 8.83. The quantitative estimate of drug-likeness (QED) is 0.750. The fraction of sp³-hybridized carbons (Fsp3) is 0.294. The molecule has 1 aromatic heterocycles. The first-order chi connectivity index (χ1) is 11.7. The predicted octanol–water partition coefficient (Wildman–Crippen LogP) is 2.18. The third-order valence-corrected chi connectivity index (χ3v) is 3.21. The Morgan fingerprint density at radius 3 is 2.79 bits per heavy atom. The summed E-state index contributed by atoms with van der Waals surface area (Å²) in [6.07, 6.45) is 1.54. The van der Waals surface area contributed by atoms with Crippen LogP contribution in [0.25, 0.3) is 0 Å². The van der Waals surface area contributed by atoms with Gasteiger partial charge < -0.3 is 19.5 Å². The standard InChI is InChI=1S/C17H19FN2O4/c1-22-8-9-24-17-13(4-3-7-19-17)16(21)20-11-12-5-6-15(23-2)14(18)10-12/h3-7,10H,8-9,11H2,1-2H3,(H,20,21). The molecule has 128 valence electrons. The number of pyridine rings is 1. The predicted molar refractivity (Wildman–Crippen MR) is 85.7 cm³/mol. The molecule has 6 nitrogen and oxygen atoms in total. The third-order valence-electron chi connectivity index (χ3n) is 3.21. The number of halogens is 1. The van der Waals surface area contributed by atoms with E-state index in [0.717, 1.165) is 0 Å². The maximum atomic E-state index is 13.7. The van der Waals surface area contributed by atoms with Crippen LogP contribution in [-0.4, -0.2) is 38.3 Å². The number of amides is 1. The lowest BCUT2D eigenvalue weighted by atomic mass is 10.2. The fourth-order valence-electron chi connectivity index (χ4n) is 2.00. The fourth-order valence-corrected chi connectivity index (χ4v) is 2.00. The molecule has 0 atom stereocenters. The monoisotopic (exact) mass is 334 g/mol. The Morgan fingerprint density at radius 1 is 1.25 bits per heavy atom. The summed E-state index contributed by atoms with van der Waals surface area (Å²) in [5.74, 6) is -0.444. The summed E-state index contributed by atoms with van der Waals surface area (Å²) in [6.45, 7) is 0.854. The number of methoxy groups -OCH3 is 2. The van der Waals surface area contributed by atoms with Gasteiger partial charge in [0.25, 0.3) is 5.91 Å². The molecular formula is C17H19FN2O4. The van der Waals surface area contributed by atoms with Gasteiger partial charge in [-0.25, -0.2) is 9.37 Å². The van der Waals surface area contributed by atoms with Gasteiger partial charge in [-0.05, 0) is 29.8 Å². The van der Waals surface area contributed by atoms with Crippen molar-refractivity contribution in [1.82, 2.24) is 10.3 Å². The van der Waals surface area contributed by atoms with Crippen molar-refractivity contribution >= 4 is 5.91 Å². The van der Waals surface area contributed by atoms with Gasteiger partial charge in [-0.3, -0.25) is 4.79 Å². The van der Waals surface area contributed by atoms with Crippen molar-refractivity contribution in [2.24, 2.45) is 0 Å². The van der Waals surface area contributed by atoms with E-state index in [0.29, 0.717) is 17.7 Å². The SMILES string of the molecule is COCCOc1ncccc1C(=O)NCc1ccc(OC)c(F)c1. The summed E-state index contributed by atoms with van der Waals surface area (Å²) >= 11 is 0. The molecule has 2 rings (SSSR count). The summed E-state index contributed by atoms with van der Waals surface area (Å²) in [4.78, 5) is 16.3. The number of rotatable bonds is 8. The van der Waals surface area contributed by atoms with E-state index >= 15 is 0 Å². The van der Waals surface area contributed by atoms with Gasteiger partial charge in [0.2, 0.25) is 5.88 Å².